The van der Waals surface area contributed by atoms with Crippen molar-refractivity contribution in [1.29, 1.82) is 0 Å². The molecule has 0 unspecified atom stereocenters. The number of hydrogen-bond acceptors (Lipinski definition) is 2. The first kappa shape index (κ1) is 30.0. The van der Waals surface area contributed by atoms with E-state index in [0.29, 0.717) is 0 Å². The number of hydrogen-bond donors (Lipinski definition) is 0. The third kappa shape index (κ3) is 18.0. The first-order chi connectivity index (χ1) is 15.6. The number of benzene rings is 1. The molecule has 0 spiro atoms. The van der Waals surface area contributed by atoms with Crippen molar-refractivity contribution >= 4 is 16.6 Å². The van der Waals surface area contributed by atoms with Crippen molar-refractivity contribution in [3.63, 3.8) is 0 Å². The zero-order chi connectivity index (χ0) is 24.6. The van der Waals surface area contributed by atoms with E-state index in [4.69, 9.17) is 8.85 Å². The molecule has 1 aromatic carbocycles. The SMILES string of the molecule is CCCCCC/C=C\CCCCCCCCCc1cc(O[Si](C)(C)C)cc(O[Si](C)(C)C)c1. The topological polar surface area (TPSA) is 18.5 Å². The van der Waals surface area contributed by atoms with Crippen LogP contribution in [0.2, 0.25) is 39.3 Å². The van der Waals surface area contributed by atoms with Crippen LogP contribution in [0.25, 0.3) is 0 Å². The molecule has 0 saturated carbocycles. The van der Waals surface area contributed by atoms with Crippen molar-refractivity contribution in [1.82, 2.24) is 0 Å². The monoisotopic (exact) mass is 490 g/mol. The lowest BCUT2D eigenvalue weighted by atomic mass is 10.0. The smallest absolute Gasteiger partial charge is 0.242 e. The summed E-state index contributed by atoms with van der Waals surface area (Å²) in [6, 6.07) is 6.58. The van der Waals surface area contributed by atoms with Crippen LogP contribution in [-0.4, -0.2) is 16.6 Å². The van der Waals surface area contributed by atoms with Gasteiger partial charge in [0.25, 0.3) is 0 Å². The standard InChI is InChI=1S/C29H54O2Si2/c1-8-9-10-11-12-13-14-15-16-17-18-19-20-21-22-23-27-24-28(30-32(2,3)4)26-29(25-27)31-33(5,6)7/h13-14,24-26H,8-12,15-23H2,1-7H3/b14-13-. The Morgan fingerprint density at radius 1 is 0.576 bits per heavy atom. The minimum absolute atomic E-state index is 0.995. The Morgan fingerprint density at radius 3 is 1.45 bits per heavy atom. The van der Waals surface area contributed by atoms with Crippen molar-refractivity contribution in [2.75, 3.05) is 0 Å². The molecule has 0 aliphatic carbocycles. The van der Waals surface area contributed by atoms with E-state index in [0.717, 1.165) is 17.9 Å². The van der Waals surface area contributed by atoms with Gasteiger partial charge in [0, 0.05) is 6.07 Å². The molecule has 0 atom stereocenters. The van der Waals surface area contributed by atoms with E-state index in [1.54, 1.807) is 0 Å². The number of allylic oxidation sites excluding steroid dienone is 2. The van der Waals surface area contributed by atoms with Crippen molar-refractivity contribution in [3.05, 3.63) is 35.9 Å². The molecule has 4 heteroatoms. The van der Waals surface area contributed by atoms with E-state index in [2.05, 4.69) is 76.6 Å². The van der Waals surface area contributed by atoms with Crippen molar-refractivity contribution in [3.8, 4) is 11.5 Å². The minimum Gasteiger partial charge on any atom is -0.544 e. The van der Waals surface area contributed by atoms with Crippen LogP contribution in [0.15, 0.2) is 30.4 Å². The Morgan fingerprint density at radius 2 is 1.00 bits per heavy atom. The van der Waals surface area contributed by atoms with E-state index in [1.165, 1.54) is 89.0 Å². The van der Waals surface area contributed by atoms with Crippen LogP contribution in [0.3, 0.4) is 0 Å². The van der Waals surface area contributed by atoms with Gasteiger partial charge in [0.1, 0.15) is 11.5 Å². The van der Waals surface area contributed by atoms with Gasteiger partial charge in [0.15, 0.2) is 0 Å². The molecule has 1 rings (SSSR count). The van der Waals surface area contributed by atoms with Gasteiger partial charge in [-0.25, -0.2) is 0 Å². The predicted octanol–water partition coefficient (Wildman–Crippen LogP) is 10.3. The van der Waals surface area contributed by atoms with Gasteiger partial charge in [-0.3, -0.25) is 0 Å². The van der Waals surface area contributed by atoms with Gasteiger partial charge < -0.3 is 8.85 Å². The van der Waals surface area contributed by atoms with Gasteiger partial charge >= 0.3 is 0 Å². The summed E-state index contributed by atoms with van der Waals surface area (Å²) in [5, 5.41) is 0. The summed E-state index contributed by atoms with van der Waals surface area (Å²) in [5.74, 6) is 1.99. The molecule has 190 valence electrons. The van der Waals surface area contributed by atoms with E-state index in [1.807, 2.05) is 0 Å². The zero-order valence-electron chi connectivity index (χ0n) is 23.1. The minimum atomic E-state index is -1.63. The Labute approximate surface area is 208 Å². The van der Waals surface area contributed by atoms with E-state index in [9.17, 15) is 0 Å². The van der Waals surface area contributed by atoms with Gasteiger partial charge in [0.2, 0.25) is 16.6 Å². The van der Waals surface area contributed by atoms with Gasteiger partial charge in [-0.15, -0.1) is 0 Å². The lowest BCUT2D eigenvalue weighted by Gasteiger charge is -2.23. The molecule has 0 N–H and O–H groups in total. The van der Waals surface area contributed by atoms with Crippen LogP contribution in [0.5, 0.6) is 11.5 Å². The van der Waals surface area contributed by atoms with Gasteiger partial charge in [0.05, 0.1) is 0 Å². The molecule has 0 amide bonds. The average molecular weight is 491 g/mol. The Bertz CT molecular complexity index is 622. The molecular weight excluding hydrogens is 436 g/mol. The second-order valence-corrected chi connectivity index (χ2v) is 20.4. The second-order valence-electron chi connectivity index (χ2n) is 11.6. The molecule has 0 radical (unpaired) electrons. The van der Waals surface area contributed by atoms with Crippen LogP contribution in [0, 0.1) is 0 Å². The summed E-state index contributed by atoms with van der Waals surface area (Å²) >= 11 is 0. The maximum Gasteiger partial charge on any atom is 0.242 e. The third-order valence-corrected chi connectivity index (χ3v) is 7.21. The maximum absolute atomic E-state index is 6.30. The average Bonchev–Trinajstić information content (AvgIpc) is 2.68. The summed E-state index contributed by atoms with van der Waals surface area (Å²) in [7, 11) is -3.25. The fraction of sp³-hybridized carbons (Fsp3) is 0.724. The molecule has 0 saturated heterocycles. The highest BCUT2D eigenvalue weighted by atomic mass is 28.4. The number of aryl methyl sites for hydroxylation is 1. The van der Waals surface area contributed by atoms with Crippen LogP contribution in [-0.2, 0) is 6.42 Å². The molecule has 2 nitrogen and oxygen atoms in total. The van der Waals surface area contributed by atoms with Crippen LogP contribution >= 0.6 is 0 Å². The van der Waals surface area contributed by atoms with Gasteiger partial charge in [-0.1, -0.05) is 70.4 Å². The van der Waals surface area contributed by atoms with Crippen LogP contribution < -0.4 is 8.85 Å². The lowest BCUT2D eigenvalue weighted by Crippen LogP contribution is -2.30. The second kappa shape index (κ2) is 16.6. The molecule has 0 fully saturated rings. The Kier molecular flexibility index (Phi) is 15.1. The summed E-state index contributed by atoms with van der Waals surface area (Å²) < 4.78 is 12.6. The zero-order valence-corrected chi connectivity index (χ0v) is 25.1. The maximum atomic E-state index is 6.30. The first-order valence-electron chi connectivity index (χ1n) is 13.8. The highest BCUT2D eigenvalue weighted by Gasteiger charge is 2.20. The fourth-order valence-electron chi connectivity index (χ4n) is 4.00. The predicted molar refractivity (Wildman–Crippen MR) is 153 cm³/mol. The Balaban J connectivity index is 2.24. The summed E-state index contributed by atoms with van der Waals surface area (Å²) in [4.78, 5) is 0. The Hall–Kier alpha value is -1.01. The number of rotatable bonds is 19. The van der Waals surface area contributed by atoms with Gasteiger partial charge in [-0.2, -0.15) is 0 Å². The highest BCUT2D eigenvalue weighted by molar-refractivity contribution is 6.70. The first-order valence-corrected chi connectivity index (χ1v) is 20.6. The lowest BCUT2D eigenvalue weighted by molar-refractivity contribution is 0.530. The molecule has 0 aliphatic rings. The summed E-state index contributed by atoms with van der Waals surface area (Å²) in [6.07, 6.45) is 23.4. The summed E-state index contributed by atoms with van der Waals surface area (Å²) in [5.41, 5.74) is 1.36. The molecular formula is C29H54O2Si2. The molecule has 0 aliphatic heterocycles. The molecule has 0 aromatic heterocycles. The molecule has 1 aromatic rings. The van der Waals surface area contributed by atoms with Crippen LogP contribution in [0.4, 0.5) is 0 Å². The van der Waals surface area contributed by atoms with Gasteiger partial charge in [-0.05, 0) is 95.5 Å². The summed E-state index contributed by atoms with van der Waals surface area (Å²) in [6.45, 7) is 15.7. The molecule has 33 heavy (non-hydrogen) atoms. The quantitative estimate of drug-likeness (QED) is 0.109. The van der Waals surface area contributed by atoms with Crippen molar-refractivity contribution in [2.24, 2.45) is 0 Å². The number of unbranched alkanes of at least 4 members (excludes halogenated alkanes) is 11. The van der Waals surface area contributed by atoms with E-state index < -0.39 is 16.6 Å². The third-order valence-electron chi connectivity index (χ3n) is 5.52. The van der Waals surface area contributed by atoms with E-state index in [-0.39, 0.29) is 0 Å². The highest BCUT2D eigenvalue weighted by Crippen LogP contribution is 2.28. The molecule has 0 heterocycles. The largest absolute Gasteiger partial charge is 0.544 e. The van der Waals surface area contributed by atoms with E-state index >= 15 is 0 Å². The normalized spacial score (nSPS) is 12.5. The van der Waals surface area contributed by atoms with Crippen molar-refractivity contribution in [2.45, 2.75) is 136 Å². The van der Waals surface area contributed by atoms with Crippen molar-refractivity contribution < 1.29 is 8.85 Å². The van der Waals surface area contributed by atoms with Crippen LogP contribution in [0.1, 0.15) is 96.0 Å². The molecule has 0 bridgehead atoms. The fourth-order valence-corrected chi connectivity index (χ4v) is 5.65.